The molecule has 3 unspecified atom stereocenters. The van der Waals surface area contributed by atoms with E-state index in [-0.39, 0.29) is 0 Å². The Hall–Kier alpha value is -1.28. The van der Waals surface area contributed by atoms with Gasteiger partial charge in [-0.3, -0.25) is 0 Å². The fourth-order valence-corrected chi connectivity index (χ4v) is 4.87. The number of para-hydroxylation sites is 1. The first-order valence-corrected chi connectivity index (χ1v) is 8.87. The third-order valence-electron chi connectivity index (χ3n) is 6.08. The number of ether oxygens (including phenoxy) is 1. The van der Waals surface area contributed by atoms with E-state index in [1.807, 2.05) is 0 Å². The van der Waals surface area contributed by atoms with Crippen molar-refractivity contribution in [2.45, 2.75) is 31.6 Å². The Morgan fingerprint density at radius 3 is 2.59 bits per heavy atom. The average Bonchev–Trinajstić information content (AvgIpc) is 3.18. The van der Waals surface area contributed by atoms with Crippen molar-refractivity contribution in [1.82, 2.24) is 4.90 Å². The van der Waals surface area contributed by atoms with Gasteiger partial charge in [0.25, 0.3) is 0 Å². The standard InChI is InChI=1S/C20H27NO/c1-22-20-5-3-2-4-19(20)16-8-10-21(11-9-16)14-18-13-15-6-7-17(18)12-15/h2-7,15-18H,8-14H2,1H3. The minimum Gasteiger partial charge on any atom is -0.496 e. The van der Waals surface area contributed by atoms with Crippen LogP contribution in [-0.4, -0.2) is 31.6 Å². The van der Waals surface area contributed by atoms with E-state index in [9.17, 15) is 0 Å². The molecule has 1 heterocycles. The van der Waals surface area contributed by atoms with E-state index in [1.165, 1.54) is 50.9 Å². The highest BCUT2D eigenvalue weighted by Crippen LogP contribution is 2.44. The molecule has 1 saturated carbocycles. The average molecular weight is 297 g/mol. The maximum Gasteiger partial charge on any atom is 0.122 e. The SMILES string of the molecule is COc1ccccc1C1CCN(CC2CC3C=CC2C3)CC1. The van der Waals surface area contributed by atoms with Crippen LogP contribution >= 0.6 is 0 Å². The van der Waals surface area contributed by atoms with Crippen LogP contribution in [0.1, 0.15) is 37.2 Å². The largest absolute Gasteiger partial charge is 0.496 e. The number of benzene rings is 1. The van der Waals surface area contributed by atoms with Gasteiger partial charge in [-0.2, -0.15) is 0 Å². The summed E-state index contributed by atoms with van der Waals surface area (Å²) in [7, 11) is 1.79. The van der Waals surface area contributed by atoms with Gasteiger partial charge in [0.2, 0.25) is 0 Å². The lowest BCUT2D eigenvalue weighted by Gasteiger charge is -2.35. The Morgan fingerprint density at radius 2 is 1.91 bits per heavy atom. The number of rotatable bonds is 4. The molecular weight excluding hydrogens is 270 g/mol. The summed E-state index contributed by atoms with van der Waals surface area (Å²) in [6, 6.07) is 8.56. The molecule has 0 spiro atoms. The van der Waals surface area contributed by atoms with Crippen LogP contribution in [0.15, 0.2) is 36.4 Å². The van der Waals surface area contributed by atoms with Crippen molar-refractivity contribution in [3.8, 4) is 5.75 Å². The van der Waals surface area contributed by atoms with Crippen LogP contribution in [0.4, 0.5) is 0 Å². The van der Waals surface area contributed by atoms with Crippen LogP contribution in [0.2, 0.25) is 0 Å². The van der Waals surface area contributed by atoms with Crippen molar-refractivity contribution in [2.75, 3.05) is 26.7 Å². The number of fused-ring (bicyclic) bond motifs is 2. The molecule has 0 aromatic heterocycles. The molecule has 2 bridgehead atoms. The number of likely N-dealkylation sites (tertiary alicyclic amines) is 1. The quantitative estimate of drug-likeness (QED) is 0.776. The number of methoxy groups -OCH3 is 1. The van der Waals surface area contributed by atoms with E-state index in [2.05, 4.69) is 41.3 Å². The summed E-state index contributed by atoms with van der Waals surface area (Å²) in [4.78, 5) is 2.71. The van der Waals surface area contributed by atoms with Crippen molar-refractivity contribution in [1.29, 1.82) is 0 Å². The van der Waals surface area contributed by atoms with Gasteiger partial charge in [-0.05, 0) is 74.1 Å². The van der Waals surface area contributed by atoms with Gasteiger partial charge in [0.15, 0.2) is 0 Å². The lowest BCUT2D eigenvalue weighted by atomic mass is 9.87. The number of hydrogen-bond acceptors (Lipinski definition) is 2. The number of allylic oxidation sites excluding steroid dienone is 2. The Labute approximate surface area is 134 Å². The molecule has 2 nitrogen and oxygen atoms in total. The number of hydrogen-bond donors (Lipinski definition) is 0. The predicted molar refractivity (Wildman–Crippen MR) is 90.3 cm³/mol. The molecule has 1 aliphatic heterocycles. The molecule has 1 aromatic carbocycles. The second-order valence-electron chi connectivity index (χ2n) is 7.36. The van der Waals surface area contributed by atoms with Gasteiger partial charge in [0.1, 0.15) is 5.75 Å². The zero-order valence-corrected chi connectivity index (χ0v) is 13.6. The van der Waals surface area contributed by atoms with Crippen LogP contribution < -0.4 is 4.74 Å². The highest BCUT2D eigenvalue weighted by molar-refractivity contribution is 5.36. The molecule has 2 aliphatic carbocycles. The van der Waals surface area contributed by atoms with Crippen molar-refractivity contribution < 1.29 is 4.74 Å². The Balaban J connectivity index is 1.34. The van der Waals surface area contributed by atoms with Crippen LogP contribution in [0.3, 0.4) is 0 Å². The first kappa shape index (κ1) is 14.3. The summed E-state index contributed by atoms with van der Waals surface area (Å²) in [5.74, 6) is 4.46. The van der Waals surface area contributed by atoms with Crippen LogP contribution in [0.25, 0.3) is 0 Å². The molecule has 1 aromatic rings. The second-order valence-corrected chi connectivity index (χ2v) is 7.36. The van der Waals surface area contributed by atoms with Gasteiger partial charge in [0, 0.05) is 6.54 Å². The summed E-state index contributed by atoms with van der Waals surface area (Å²) in [6.45, 7) is 3.82. The van der Waals surface area contributed by atoms with E-state index in [1.54, 1.807) is 7.11 Å². The second kappa shape index (κ2) is 6.08. The maximum absolute atomic E-state index is 5.55. The molecular formula is C20H27NO. The zero-order chi connectivity index (χ0) is 14.9. The molecule has 0 amide bonds. The van der Waals surface area contributed by atoms with E-state index < -0.39 is 0 Å². The molecule has 3 aliphatic rings. The Morgan fingerprint density at radius 1 is 1.09 bits per heavy atom. The molecule has 2 heteroatoms. The van der Waals surface area contributed by atoms with E-state index in [0.717, 1.165) is 23.5 Å². The van der Waals surface area contributed by atoms with Gasteiger partial charge in [0.05, 0.1) is 7.11 Å². The third kappa shape index (κ3) is 2.69. The van der Waals surface area contributed by atoms with Crippen LogP contribution in [0, 0.1) is 17.8 Å². The highest BCUT2D eigenvalue weighted by Gasteiger charge is 2.36. The van der Waals surface area contributed by atoms with Crippen molar-refractivity contribution in [3.05, 3.63) is 42.0 Å². The molecule has 0 N–H and O–H groups in total. The van der Waals surface area contributed by atoms with E-state index in [0.29, 0.717) is 5.92 Å². The summed E-state index contributed by atoms with van der Waals surface area (Å²) in [6.07, 6.45) is 10.4. The third-order valence-corrected chi connectivity index (χ3v) is 6.08. The summed E-state index contributed by atoms with van der Waals surface area (Å²) >= 11 is 0. The number of nitrogens with zero attached hydrogens (tertiary/aromatic N) is 1. The Bertz CT molecular complexity index is 544. The lowest BCUT2D eigenvalue weighted by Crippen LogP contribution is -2.37. The molecule has 2 fully saturated rings. The topological polar surface area (TPSA) is 12.5 Å². The van der Waals surface area contributed by atoms with Gasteiger partial charge in [-0.15, -0.1) is 0 Å². The summed E-state index contributed by atoms with van der Waals surface area (Å²) in [5.41, 5.74) is 1.41. The molecule has 3 atom stereocenters. The fraction of sp³-hybridized carbons (Fsp3) is 0.600. The Kier molecular flexibility index (Phi) is 3.96. The minimum absolute atomic E-state index is 0.673. The van der Waals surface area contributed by atoms with Crippen LogP contribution in [0.5, 0.6) is 5.75 Å². The first-order valence-electron chi connectivity index (χ1n) is 8.87. The van der Waals surface area contributed by atoms with Crippen molar-refractivity contribution in [3.63, 3.8) is 0 Å². The van der Waals surface area contributed by atoms with Gasteiger partial charge < -0.3 is 9.64 Å². The normalized spacial score (nSPS) is 31.8. The highest BCUT2D eigenvalue weighted by atomic mass is 16.5. The fourth-order valence-electron chi connectivity index (χ4n) is 4.87. The van der Waals surface area contributed by atoms with E-state index in [4.69, 9.17) is 4.74 Å². The van der Waals surface area contributed by atoms with Gasteiger partial charge in [-0.25, -0.2) is 0 Å². The summed E-state index contributed by atoms with van der Waals surface area (Å²) < 4.78 is 5.55. The zero-order valence-electron chi connectivity index (χ0n) is 13.6. The molecule has 0 radical (unpaired) electrons. The predicted octanol–water partition coefficient (Wildman–Crippen LogP) is 4.09. The van der Waals surface area contributed by atoms with Crippen molar-refractivity contribution >= 4 is 0 Å². The first-order chi connectivity index (χ1) is 10.8. The van der Waals surface area contributed by atoms with E-state index >= 15 is 0 Å². The number of piperidine rings is 1. The minimum atomic E-state index is 0.673. The van der Waals surface area contributed by atoms with Gasteiger partial charge >= 0.3 is 0 Å². The molecule has 118 valence electrons. The van der Waals surface area contributed by atoms with Crippen LogP contribution in [-0.2, 0) is 0 Å². The monoisotopic (exact) mass is 297 g/mol. The maximum atomic E-state index is 5.55. The summed E-state index contributed by atoms with van der Waals surface area (Å²) in [5, 5.41) is 0. The smallest absolute Gasteiger partial charge is 0.122 e. The molecule has 4 rings (SSSR count). The molecule has 22 heavy (non-hydrogen) atoms. The van der Waals surface area contributed by atoms with Crippen molar-refractivity contribution in [2.24, 2.45) is 17.8 Å². The van der Waals surface area contributed by atoms with Gasteiger partial charge in [-0.1, -0.05) is 30.4 Å². The lowest BCUT2D eigenvalue weighted by molar-refractivity contribution is 0.171. The molecule has 1 saturated heterocycles.